The van der Waals surface area contributed by atoms with Crippen LogP contribution < -0.4 is 20.1 Å². The first kappa shape index (κ1) is 20.7. The van der Waals surface area contributed by atoms with Crippen molar-refractivity contribution in [1.29, 1.82) is 0 Å². The van der Waals surface area contributed by atoms with Gasteiger partial charge >= 0.3 is 0 Å². The van der Waals surface area contributed by atoms with E-state index >= 15 is 0 Å². The average molecular weight is 485 g/mol. The number of nitrogens with zero attached hydrogens (tertiary/aromatic N) is 1. The van der Waals surface area contributed by atoms with Gasteiger partial charge in [-0.2, -0.15) is 0 Å². The van der Waals surface area contributed by atoms with Gasteiger partial charge in [0.1, 0.15) is 0 Å². The highest BCUT2D eigenvalue weighted by atomic mass is 127. The second-order valence-electron chi connectivity index (χ2n) is 5.74. The molecule has 5 nitrogen and oxygen atoms in total. The van der Waals surface area contributed by atoms with Gasteiger partial charge in [-0.1, -0.05) is 31.2 Å². The van der Waals surface area contributed by atoms with Crippen molar-refractivity contribution in [3.05, 3.63) is 54.1 Å². The number of ether oxygens (including phenoxy) is 2. The summed E-state index contributed by atoms with van der Waals surface area (Å²) in [5, 5.41) is 7.14. The fraction of sp³-hybridized carbons (Fsp3) is 0.316. The zero-order valence-electron chi connectivity index (χ0n) is 14.9. The third-order valence-corrected chi connectivity index (χ3v) is 4.87. The number of halogens is 1. The Morgan fingerprint density at radius 2 is 1.88 bits per heavy atom. The lowest BCUT2D eigenvalue weighted by atomic mass is 10.2. The van der Waals surface area contributed by atoms with Crippen LogP contribution in [0, 0.1) is 0 Å². The number of rotatable bonds is 6. The molecule has 2 N–H and O–H groups in total. The smallest absolute Gasteiger partial charge is 0.231 e. The van der Waals surface area contributed by atoms with Crippen molar-refractivity contribution in [2.75, 3.05) is 20.4 Å². The third-order valence-electron chi connectivity index (χ3n) is 3.76. The molecule has 0 radical (unpaired) electrons. The van der Waals surface area contributed by atoms with E-state index < -0.39 is 0 Å². The molecule has 0 spiro atoms. The lowest BCUT2D eigenvalue weighted by Crippen LogP contribution is -2.39. The van der Waals surface area contributed by atoms with Crippen LogP contribution in [0.2, 0.25) is 0 Å². The molecule has 1 aliphatic heterocycles. The van der Waals surface area contributed by atoms with Gasteiger partial charge < -0.3 is 20.1 Å². The Bertz CT molecular complexity index is 728. The maximum Gasteiger partial charge on any atom is 0.231 e. The number of fused-ring (bicyclic) bond motifs is 1. The molecule has 140 valence electrons. The summed E-state index contributed by atoms with van der Waals surface area (Å²) < 4.78 is 10.7. The SMILES string of the molecule is CN=C(NCc1ccc2c(c1)OCO2)NCC(C)Sc1ccccc1.I. The van der Waals surface area contributed by atoms with Crippen LogP contribution >= 0.6 is 35.7 Å². The molecular formula is C19H24IN3O2S. The standard InChI is InChI=1S/C19H23N3O2S.HI/c1-14(25-16-6-4-3-5-7-16)11-21-19(20-2)22-12-15-8-9-17-18(10-15)24-13-23-17;/h3-10,14H,11-13H2,1-2H3,(H2,20,21,22);1H. The predicted octanol–water partition coefficient (Wildman–Crippen LogP) is 3.88. The van der Waals surface area contributed by atoms with Gasteiger partial charge in [-0.3, -0.25) is 4.99 Å². The fourth-order valence-electron chi connectivity index (χ4n) is 2.47. The Hall–Kier alpha value is -1.61. The van der Waals surface area contributed by atoms with Crippen LogP contribution in [-0.2, 0) is 6.54 Å². The Kier molecular flexibility index (Phi) is 8.37. The minimum Gasteiger partial charge on any atom is -0.454 e. The van der Waals surface area contributed by atoms with Crippen molar-refractivity contribution in [3.63, 3.8) is 0 Å². The molecule has 26 heavy (non-hydrogen) atoms. The lowest BCUT2D eigenvalue weighted by Gasteiger charge is -2.16. The molecule has 2 aromatic carbocycles. The first-order valence-electron chi connectivity index (χ1n) is 8.29. The summed E-state index contributed by atoms with van der Waals surface area (Å²) in [6.07, 6.45) is 0. The van der Waals surface area contributed by atoms with E-state index in [1.165, 1.54) is 4.90 Å². The molecular weight excluding hydrogens is 461 g/mol. The van der Waals surface area contributed by atoms with Crippen molar-refractivity contribution in [2.24, 2.45) is 4.99 Å². The second kappa shape index (κ2) is 10.5. The van der Waals surface area contributed by atoms with Crippen molar-refractivity contribution in [2.45, 2.75) is 23.6 Å². The van der Waals surface area contributed by atoms with Gasteiger partial charge in [0.25, 0.3) is 0 Å². The molecule has 0 aromatic heterocycles. The average Bonchev–Trinajstić information content (AvgIpc) is 3.10. The van der Waals surface area contributed by atoms with Crippen molar-refractivity contribution in [3.8, 4) is 11.5 Å². The first-order chi connectivity index (χ1) is 12.2. The summed E-state index contributed by atoms with van der Waals surface area (Å²) in [5.41, 5.74) is 1.12. The van der Waals surface area contributed by atoms with Gasteiger partial charge in [0, 0.05) is 30.3 Å². The first-order valence-corrected chi connectivity index (χ1v) is 9.17. The molecule has 1 atom stereocenters. The molecule has 0 bridgehead atoms. The minimum atomic E-state index is 0. The van der Waals surface area contributed by atoms with Crippen molar-refractivity contribution >= 4 is 41.7 Å². The number of hydrogen-bond donors (Lipinski definition) is 2. The van der Waals surface area contributed by atoms with E-state index in [2.05, 4.69) is 46.8 Å². The topological polar surface area (TPSA) is 54.9 Å². The van der Waals surface area contributed by atoms with Crippen LogP contribution in [0.15, 0.2) is 58.4 Å². The molecule has 2 aromatic rings. The molecule has 1 unspecified atom stereocenters. The Morgan fingerprint density at radius 3 is 2.65 bits per heavy atom. The monoisotopic (exact) mass is 485 g/mol. The predicted molar refractivity (Wildman–Crippen MR) is 118 cm³/mol. The van der Waals surface area contributed by atoms with Gasteiger partial charge in [0.2, 0.25) is 6.79 Å². The van der Waals surface area contributed by atoms with Crippen LogP contribution in [0.4, 0.5) is 0 Å². The Labute approximate surface area is 176 Å². The van der Waals surface area contributed by atoms with Gasteiger partial charge in [-0.05, 0) is 29.8 Å². The van der Waals surface area contributed by atoms with Crippen molar-refractivity contribution in [1.82, 2.24) is 10.6 Å². The van der Waals surface area contributed by atoms with Crippen LogP contribution in [0.3, 0.4) is 0 Å². The molecule has 0 saturated carbocycles. The minimum absolute atomic E-state index is 0. The number of hydrogen-bond acceptors (Lipinski definition) is 4. The summed E-state index contributed by atoms with van der Waals surface area (Å²) in [4.78, 5) is 5.56. The molecule has 7 heteroatoms. The highest BCUT2D eigenvalue weighted by Gasteiger charge is 2.13. The summed E-state index contributed by atoms with van der Waals surface area (Å²) >= 11 is 1.85. The second-order valence-corrected chi connectivity index (χ2v) is 7.25. The molecule has 1 aliphatic rings. The molecule has 0 aliphatic carbocycles. The molecule has 0 fully saturated rings. The van der Waals surface area contributed by atoms with Crippen LogP contribution in [0.1, 0.15) is 12.5 Å². The molecule has 1 heterocycles. The van der Waals surface area contributed by atoms with E-state index in [-0.39, 0.29) is 24.0 Å². The number of aliphatic imine (C=N–C) groups is 1. The van der Waals surface area contributed by atoms with Gasteiger partial charge in [0.15, 0.2) is 17.5 Å². The van der Waals surface area contributed by atoms with E-state index in [0.717, 1.165) is 29.6 Å². The van der Waals surface area contributed by atoms with Crippen LogP contribution in [0.25, 0.3) is 0 Å². The summed E-state index contributed by atoms with van der Waals surface area (Å²) in [7, 11) is 1.78. The summed E-state index contributed by atoms with van der Waals surface area (Å²) in [6.45, 7) is 4.01. The van der Waals surface area contributed by atoms with Gasteiger partial charge in [-0.15, -0.1) is 35.7 Å². The largest absolute Gasteiger partial charge is 0.454 e. The molecule has 0 amide bonds. The zero-order chi connectivity index (χ0) is 17.5. The Balaban J connectivity index is 0.00000243. The van der Waals surface area contributed by atoms with Gasteiger partial charge in [-0.25, -0.2) is 0 Å². The number of guanidine groups is 1. The van der Waals surface area contributed by atoms with E-state index in [1.807, 2.05) is 36.0 Å². The van der Waals surface area contributed by atoms with E-state index in [9.17, 15) is 0 Å². The van der Waals surface area contributed by atoms with Crippen LogP contribution in [-0.4, -0.2) is 31.6 Å². The van der Waals surface area contributed by atoms with Gasteiger partial charge in [0.05, 0.1) is 0 Å². The maximum atomic E-state index is 5.41. The normalized spacial score (nSPS) is 13.7. The lowest BCUT2D eigenvalue weighted by molar-refractivity contribution is 0.174. The number of thioether (sulfide) groups is 1. The maximum absolute atomic E-state index is 5.41. The van der Waals surface area contributed by atoms with E-state index in [0.29, 0.717) is 18.6 Å². The Morgan fingerprint density at radius 1 is 1.12 bits per heavy atom. The summed E-state index contributed by atoms with van der Waals surface area (Å²) in [6, 6.07) is 16.4. The quantitative estimate of drug-likeness (QED) is 0.282. The van der Waals surface area contributed by atoms with Crippen molar-refractivity contribution < 1.29 is 9.47 Å². The zero-order valence-corrected chi connectivity index (χ0v) is 18.0. The highest BCUT2D eigenvalue weighted by Crippen LogP contribution is 2.32. The number of nitrogens with one attached hydrogen (secondary N) is 2. The summed E-state index contributed by atoms with van der Waals surface area (Å²) in [5.74, 6) is 2.39. The van der Waals surface area contributed by atoms with E-state index in [1.54, 1.807) is 7.05 Å². The molecule has 0 saturated heterocycles. The van der Waals surface area contributed by atoms with E-state index in [4.69, 9.17) is 9.47 Å². The number of benzene rings is 2. The third kappa shape index (κ3) is 5.98. The molecule has 3 rings (SSSR count). The van der Waals surface area contributed by atoms with Crippen LogP contribution in [0.5, 0.6) is 11.5 Å². The fourth-order valence-corrected chi connectivity index (χ4v) is 3.42. The highest BCUT2D eigenvalue weighted by molar-refractivity contribution is 14.0.